The molecule has 18 heavy (non-hydrogen) atoms. The Kier molecular flexibility index (Phi) is 5.35. The SMILES string of the molecule is CC(CNCC(=O)OC(C)(C)C)c1ccccc1. The Morgan fingerprint density at radius 1 is 1.28 bits per heavy atom. The topological polar surface area (TPSA) is 38.3 Å². The highest BCUT2D eigenvalue weighted by molar-refractivity contribution is 5.72. The van der Waals surface area contributed by atoms with Gasteiger partial charge in [-0.25, -0.2) is 0 Å². The first-order chi connectivity index (χ1) is 8.38. The minimum absolute atomic E-state index is 0.206. The maximum atomic E-state index is 11.5. The molecule has 1 aromatic carbocycles. The van der Waals surface area contributed by atoms with E-state index in [1.807, 2.05) is 39.0 Å². The van der Waals surface area contributed by atoms with Crippen LogP contribution in [-0.2, 0) is 9.53 Å². The van der Waals surface area contributed by atoms with Gasteiger partial charge in [-0.05, 0) is 32.3 Å². The van der Waals surface area contributed by atoms with Gasteiger partial charge in [-0.3, -0.25) is 4.79 Å². The number of rotatable bonds is 5. The molecule has 0 radical (unpaired) electrons. The maximum Gasteiger partial charge on any atom is 0.320 e. The Morgan fingerprint density at radius 3 is 2.44 bits per heavy atom. The van der Waals surface area contributed by atoms with Crippen molar-refractivity contribution in [1.82, 2.24) is 5.32 Å². The van der Waals surface area contributed by atoms with Gasteiger partial charge in [-0.1, -0.05) is 37.3 Å². The summed E-state index contributed by atoms with van der Waals surface area (Å²) in [6.45, 7) is 8.78. The second-order valence-corrected chi connectivity index (χ2v) is 5.53. The molecule has 0 spiro atoms. The quantitative estimate of drug-likeness (QED) is 0.815. The zero-order valence-corrected chi connectivity index (χ0v) is 11.7. The number of carbonyl (C=O) groups is 1. The average molecular weight is 249 g/mol. The van der Waals surface area contributed by atoms with Crippen LogP contribution in [0.25, 0.3) is 0 Å². The molecule has 0 saturated heterocycles. The molecule has 0 fully saturated rings. The van der Waals surface area contributed by atoms with Crippen LogP contribution in [0.2, 0.25) is 0 Å². The van der Waals surface area contributed by atoms with E-state index in [0.29, 0.717) is 5.92 Å². The molecule has 100 valence electrons. The summed E-state index contributed by atoms with van der Waals surface area (Å²) in [4.78, 5) is 11.5. The Bertz CT molecular complexity index is 368. The van der Waals surface area contributed by atoms with E-state index < -0.39 is 5.60 Å². The zero-order valence-electron chi connectivity index (χ0n) is 11.7. The van der Waals surface area contributed by atoms with E-state index in [-0.39, 0.29) is 12.5 Å². The fourth-order valence-electron chi connectivity index (χ4n) is 1.67. The van der Waals surface area contributed by atoms with Crippen LogP contribution < -0.4 is 5.32 Å². The van der Waals surface area contributed by atoms with Gasteiger partial charge in [0.1, 0.15) is 5.60 Å². The molecule has 1 unspecified atom stereocenters. The van der Waals surface area contributed by atoms with Crippen LogP contribution in [0.15, 0.2) is 30.3 Å². The lowest BCUT2D eigenvalue weighted by atomic mass is 10.0. The molecule has 1 N–H and O–H groups in total. The molecule has 3 nitrogen and oxygen atoms in total. The molecule has 0 saturated carbocycles. The minimum atomic E-state index is -0.413. The van der Waals surface area contributed by atoms with Gasteiger partial charge in [0, 0.05) is 6.54 Å². The summed E-state index contributed by atoms with van der Waals surface area (Å²) < 4.78 is 5.22. The lowest BCUT2D eigenvalue weighted by Crippen LogP contribution is -2.33. The standard InChI is InChI=1S/C15H23NO2/c1-12(13-8-6-5-7-9-13)10-16-11-14(17)18-15(2,3)4/h5-9,12,16H,10-11H2,1-4H3. The summed E-state index contributed by atoms with van der Waals surface area (Å²) in [6.07, 6.45) is 0. The van der Waals surface area contributed by atoms with Crippen LogP contribution in [0.1, 0.15) is 39.2 Å². The van der Waals surface area contributed by atoms with E-state index >= 15 is 0 Å². The van der Waals surface area contributed by atoms with Gasteiger partial charge in [0.05, 0.1) is 6.54 Å². The van der Waals surface area contributed by atoms with Gasteiger partial charge < -0.3 is 10.1 Å². The summed E-state index contributed by atoms with van der Waals surface area (Å²) in [5.74, 6) is 0.177. The predicted molar refractivity (Wildman–Crippen MR) is 73.6 cm³/mol. The molecular weight excluding hydrogens is 226 g/mol. The first-order valence-electron chi connectivity index (χ1n) is 6.36. The molecular formula is C15H23NO2. The number of hydrogen-bond acceptors (Lipinski definition) is 3. The predicted octanol–water partition coefficient (Wildman–Crippen LogP) is 2.72. The third-order valence-electron chi connectivity index (χ3n) is 2.51. The molecule has 0 amide bonds. The van der Waals surface area contributed by atoms with Gasteiger partial charge in [0.25, 0.3) is 0 Å². The van der Waals surface area contributed by atoms with Crippen LogP contribution in [0.3, 0.4) is 0 Å². The van der Waals surface area contributed by atoms with Crippen molar-refractivity contribution in [3.63, 3.8) is 0 Å². The van der Waals surface area contributed by atoms with E-state index in [0.717, 1.165) is 6.54 Å². The highest BCUT2D eigenvalue weighted by Crippen LogP contribution is 2.13. The van der Waals surface area contributed by atoms with Crippen molar-refractivity contribution in [2.24, 2.45) is 0 Å². The summed E-state index contributed by atoms with van der Waals surface area (Å²) in [5, 5.41) is 3.13. The number of carbonyl (C=O) groups excluding carboxylic acids is 1. The maximum absolute atomic E-state index is 11.5. The Balaban J connectivity index is 2.28. The monoisotopic (exact) mass is 249 g/mol. The molecule has 0 aromatic heterocycles. The Morgan fingerprint density at radius 2 is 1.89 bits per heavy atom. The molecule has 0 heterocycles. The normalized spacial score (nSPS) is 13.1. The molecule has 0 aliphatic carbocycles. The van der Waals surface area contributed by atoms with E-state index in [2.05, 4.69) is 24.4 Å². The number of nitrogens with one attached hydrogen (secondary N) is 1. The van der Waals surface area contributed by atoms with E-state index in [1.165, 1.54) is 5.56 Å². The van der Waals surface area contributed by atoms with Crippen molar-refractivity contribution < 1.29 is 9.53 Å². The molecule has 3 heteroatoms. The summed E-state index contributed by atoms with van der Waals surface area (Å²) in [7, 11) is 0. The average Bonchev–Trinajstić information content (AvgIpc) is 2.27. The smallest absolute Gasteiger partial charge is 0.320 e. The first-order valence-corrected chi connectivity index (χ1v) is 6.36. The van der Waals surface area contributed by atoms with Crippen molar-refractivity contribution in [2.75, 3.05) is 13.1 Å². The minimum Gasteiger partial charge on any atom is -0.459 e. The highest BCUT2D eigenvalue weighted by atomic mass is 16.6. The summed E-state index contributed by atoms with van der Waals surface area (Å²) in [5.41, 5.74) is 0.860. The van der Waals surface area contributed by atoms with E-state index in [1.54, 1.807) is 0 Å². The van der Waals surface area contributed by atoms with Crippen molar-refractivity contribution in [1.29, 1.82) is 0 Å². The molecule has 0 aliphatic rings. The first kappa shape index (κ1) is 14.7. The molecule has 1 aromatic rings. The summed E-state index contributed by atoms with van der Waals surface area (Å²) >= 11 is 0. The highest BCUT2D eigenvalue weighted by Gasteiger charge is 2.15. The number of esters is 1. The number of ether oxygens (including phenoxy) is 1. The van der Waals surface area contributed by atoms with Crippen LogP contribution >= 0.6 is 0 Å². The number of benzene rings is 1. The largest absolute Gasteiger partial charge is 0.459 e. The molecule has 1 rings (SSSR count). The molecule has 0 bridgehead atoms. The van der Waals surface area contributed by atoms with Crippen molar-refractivity contribution >= 4 is 5.97 Å². The third kappa shape index (κ3) is 5.82. The lowest BCUT2D eigenvalue weighted by molar-refractivity contribution is -0.153. The Hall–Kier alpha value is -1.35. The Labute approximate surface area is 110 Å². The third-order valence-corrected chi connectivity index (χ3v) is 2.51. The zero-order chi connectivity index (χ0) is 13.6. The van der Waals surface area contributed by atoms with Crippen LogP contribution in [0.4, 0.5) is 0 Å². The fourth-order valence-corrected chi connectivity index (χ4v) is 1.67. The van der Waals surface area contributed by atoms with Gasteiger partial charge >= 0.3 is 5.97 Å². The number of hydrogen-bond donors (Lipinski definition) is 1. The van der Waals surface area contributed by atoms with Crippen LogP contribution in [-0.4, -0.2) is 24.7 Å². The van der Waals surface area contributed by atoms with E-state index in [9.17, 15) is 4.79 Å². The molecule has 0 aliphatic heterocycles. The van der Waals surface area contributed by atoms with Crippen molar-refractivity contribution in [3.05, 3.63) is 35.9 Å². The van der Waals surface area contributed by atoms with Gasteiger partial charge in [0.15, 0.2) is 0 Å². The summed E-state index contributed by atoms with van der Waals surface area (Å²) in [6, 6.07) is 10.3. The lowest BCUT2D eigenvalue weighted by Gasteiger charge is -2.20. The van der Waals surface area contributed by atoms with Crippen LogP contribution in [0, 0.1) is 0 Å². The molecule has 1 atom stereocenters. The van der Waals surface area contributed by atoms with Crippen LogP contribution in [0.5, 0.6) is 0 Å². The van der Waals surface area contributed by atoms with Gasteiger partial charge in [-0.15, -0.1) is 0 Å². The van der Waals surface area contributed by atoms with Crippen molar-refractivity contribution in [2.45, 2.75) is 39.2 Å². The van der Waals surface area contributed by atoms with Gasteiger partial charge in [0.2, 0.25) is 0 Å². The van der Waals surface area contributed by atoms with E-state index in [4.69, 9.17) is 4.74 Å². The van der Waals surface area contributed by atoms with Gasteiger partial charge in [-0.2, -0.15) is 0 Å². The second kappa shape index (κ2) is 6.55. The second-order valence-electron chi connectivity index (χ2n) is 5.53. The fraction of sp³-hybridized carbons (Fsp3) is 0.533. The van der Waals surface area contributed by atoms with Crippen molar-refractivity contribution in [3.8, 4) is 0 Å².